The molecule has 7 nitrogen and oxygen atoms in total. The molecule has 1 aromatic heterocycles. The van der Waals surface area contributed by atoms with Crippen LogP contribution in [0.3, 0.4) is 0 Å². The molecule has 1 saturated carbocycles. The Kier molecular flexibility index (Phi) is 6.59. The van der Waals surface area contributed by atoms with Gasteiger partial charge in [0.1, 0.15) is 0 Å². The largest absolute Gasteiger partial charge is 0.490 e. The first kappa shape index (κ1) is 21.4. The van der Waals surface area contributed by atoms with E-state index < -0.39 is 0 Å². The van der Waals surface area contributed by atoms with Crippen LogP contribution in [-0.2, 0) is 11.2 Å². The molecule has 2 aliphatic rings. The Bertz CT molecular complexity index is 886. The van der Waals surface area contributed by atoms with Gasteiger partial charge in [-0.25, -0.2) is 9.97 Å². The summed E-state index contributed by atoms with van der Waals surface area (Å²) in [6.07, 6.45) is 7.67. The zero-order valence-corrected chi connectivity index (χ0v) is 18.5. The number of anilines is 1. The lowest BCUT2D eigenvalue weighted by Crippen LogP contribution is -2.45. The Morgan fingerprint density at radius 2 is 1.90 bits per heavy atom. The van der Waals surface area contributed by atoms with E-state index >= 15 is 0 Å². The zero-order chi connectivity index (χ0) is 21.7. The van der Waals surface area contributed by atoms with Crippen LogP contribution in [0.4, 0.5) is 5.95 Å². The normalized spacial score (nSPS) is 19.2. The molecule has 7 heteroatoms. The van der Waals surface area contributed by atoms with Crippen LogP contribution in [0.2, 0.25) is 0 Å². The van der Waals surface area contributed by atoms with Crippen LogP contribution in [-0.4, -0.2) is 48.7 Å². The standard InChI is InChI=1S/C24H32N4O3/c1-3-30-20-8-7-18(15-21(20)31-4-2)9-14-25-22(29)19-16-28(17-24(19)10-5-11-24)23-26-12-6-13-27-23/h6-8,12-13,15,19H,3-5,9-11,14,16-17H2,1-2H3,(H,25,29). The molecule has 31 heavy (non-hydrogen) atoms. The third-order valence-electron chi connectivity index (χ3n) is 6.47. The minimum absolute atomic E-state index is 0.00984. The minimum atomic E-state index is -0.00984. The fourth-order valence-electron chi connectivity index (χ4n) is 4.78. The average molecular weight is 425 g/mol. The molecule has 1 spiro atoms. The number of aromatic nitrogens is 2. The molecule has 0 radical (unpaired) electrons. The van der Waals surface area contributed by atoms with E-state index in [0.29, 0.717) is 26.3 Å². The number of carbonyl (C=O) groups is 1. The second kappa shape index (κ2) is 9.54. The van der Waals surface area contributed by atoms with Gasteiger partial charge >= 0.3 is 0 Å². The molecule has 1 unspecified atom stereocenters. The topological polar surface area (TPSA) is 76.6 Å². The van der Waals surface area contributed by atoms with Crippen molar-refractivity contribution < 1.29 is 14.3 Å². The summed E-state index contributed by atoms with van der Waals surface area (Å²) in [4.78, 5) is 24.0. The maximum Gasteiger partial charge on any atom is 0.225 e. The molecule has 2 fully saturated rings. The lowest BCUT2D eigenvalue weighted by atomic mass is 9.62. The van der Waals surface area contributed by atoms with Crippen molar-refractivity contribution in [1.29, 1.82) is 0 Å². The Hall–Kier alpha value is -2.83. The monoisotopic (exact) mass is 424 g/mol. The number of ether oxygens (including phenoxy) is 2. The molecule has 1 aliphatic heterocycles. The van der Waals surface area contributed by atoms with Gasteiger partial charge in [0.15, 0.2) is 11.5 Å². The fraction of sp³-hybridized carbons (Fsp3) is 0.542. The second-order valence-electron chi connectivity index (χ2n) is 8.39. The van der Waals surface area contributed by atoms with Gasteiger partial charge in [-0.05, 0) is 56.9 Å². The fourth-order valence-corrected chi connectivity index (χ4v) is 4.78. The Morgan fingerprint density at radius 3 is 2.58 bits per heavy atom. The van der Waals surface area contributed by atoms with Gasteiger partial charge in [-0.3, -0.25) is 4.79 Å². The van der Waals surface area contributed by atoms with E-state index in [2.05, 4.69) is 20.2 Å². The summed E-state index contributed by atoms with van der Waals surface area (Å²) in [6.45, 7) is 7.27. The van der Waals surface area contributed by atoms with Crippen LogP contribution in [0.5, 0.6) is 11.5 Å². The molecule has 2 aromatic rings. The molecule has 1 N–H and O–H groups in total. The molecular weight excluding hydrogens is 392 g/mol. The number of nitrogens with one attached hydrogen (secondary N) is 1. The molecule has 4 rings (SSSR count). The molecule has 0 bridgehead atoms. The first-order valence-electron chi connectivity index (χ1n) is 11.3. The Morgan fingerprint density at radius 1 is 1.16 bits per heavy atom. The summed E-state index contributed by atoms with van der Waals surface area (Å²) < 4.78 is 11.3. The van der Waals surface area contributed by atoms with Crippen molar-refractivity contribution in [2.24, 2.45) is 11.3 Å². The van der Waals surface area contributed by atoms with Crippen LogP contribution in [0.1, 0.15) is 38.7 Å². The molecule has 1 amide bonds. The highest BCUT2D eigenvalue weighted by molar-refractivity contribution is 5.81. The minimum Gasteiger partial charge on any atom is -0.490 e. The highest BCUT2D eigenvalue weighted by Crippen LogP contribution is 2.52. The first-order chi connectivity index (χ1) is 15.1. The summed E-state index contributed by atoms with van der Waals surface area (Å²) in [5, 5.41) is 3.18. The average Bonchev–Trinajstić information content (AvgIpc) is 3.18. The predicted molar refractivity (Wildman–Crippen MR) is 120 cm³/mol. The van der Waals surface area contributed by atoms with Gasteiger partial charge in [0.2, 0.25) is 11.9 Å². The maximum absolute atomic E-state index is 13.1. The second-order valence-corrected chi connectivity index (χ2v) is 8.39. The number of nitrogens with zero attached hydrogens (tertiary/aromatic N) is 3. The summed E-state index contributed by atoms with van der Waals surface area (Å²) in [5.41, 5.74) is 1.20. The Labute approximate surface area is 184 Å². The van der Waals surface area contributed by atoms with Crippen molar-refractivity contribution in [2.75, 3.05) is 37.7 Å². The first-order valence-corrected chi connectivity index (χ1v) is 11.3. The lowest BCUT2D eigenvalue weighted by Gasteiger charge is -2.41. The van der Waals surface area contributed by atoms with Gasteiger partial charge in [0.25, 0.3) is 0 Å². The molecular formula is C24H32N4O3. The molecule has 1 aromatic carbocycles. The molecule has 2 heterocycles. The van der Waals surface area contributed by atoms with Gasteiger partial charge < -0.3 is 19.7 Å². The predicted octanol–water partition coefficient (Wildman–Crippen LogP) is 3.24. The van der Waals surface area contributed by atoms with Crippen molar-refractivity contribution in [3.63, 3.8) is 0 Å². The van der Waals surface area contributed by atoms with Crippen LogP contribution in [0.15, 0.2) is 36.7 Å². The summed E-state index contributed by atoms with van der Waals surface area (Å²) >= 11 is 0. The number of hydrogen-bond donors (Lipinski definition) is 1. The number of rotatable bonds is 9. The molecule has 1 saturated heterocycles. The van der Waals surface area contributed by atoms with Crippen LogP contribution >= 0.6 is 0 Å². The van der Waals surface area contributed by atoms with Crippen LogP contribution < -0.4 is 19.7 Å². The third-order valence-corrected chi connectivity index (χ3v) is 6.47. The van der Waals surface area contributed by atoms with Gasteiger partial charge in [-0.1, -0.05) is 12.5 Å². The van der Waals surface area contributed by atoms with E-state index in [-0.39, 0.29) is 17.2 Å². The summed E-state index contributed by atoms with van der Waals surface area (Å²) in [5.74, 6) is 2.38. The molecule has 1 atom stereocenters. The Balaban J connectivity index is 1.36. The van der Waals surface area contributed by atoms with E-state index in [9.17, 15) is 4.79 Å². The smallest absolute Gasteiger partial charge is 0.225 e. The summed E-state index contributed by atoms with van der Waals surface area (Å²) in [6, 6.07) is 7.82. The van der Waals surface area contributed by atoms with Crippen molar-refractivity contribution in [3.8, 4) is 11.5 Å². The number of benzene rings is 1. The van der Waals surface area contributed by atoms with Crippen molar-refractivity contribution >= 4 is 11.9 Å². The van der Waals surface area contributed by atoms with Crippen molar-refractivity contribution in [3.05, 3.63) is 42.2 Å². The number of amides is 1. The number of carbonyl (C=O) groups excluding carboxylic acids is 1. The quantitative estimate of drug-likeness (QED) is 0.666. The summed E-state index contributed by atoms with van der Waals surface area (Å²) in [7, 11) is 0. The highest BCUT2D eigenvalue weighted by Gasteiger charge is 2.53. The van der Waals surface area contributed by atoms with E-state index in [1.807, 2.05) is 38.1 Å². The lowest BCUT2D eigenvalue weighted by molar-refractivity contribution is -0.129. The zero-order valence-electron chi connectivity index (χ0n) is 18.5. The van der Waals surface area contributed by atoms with Gasteiger partial charge in [0, 0.05) is 37.4 Å². The van der Waals surface area contributed by atoms with Crippen molar-refractivity contribution in [2.45, 2.75) is 39.5 Å². The van der Waals surface area contributed by atoms with E-state index in [1.165, 1.54) is 6.42 Å². The van der Waals surface area contributed by atoms with Gasteiger partial charge in [-0.2, -0.15) is 0 Å². The highest BCUT2D eigenvalue weighted by atomic mass is 16.5. The maximum atomic E-state index is 13.1. The van der Waals surface area contributed by atoms with Crippen LogP contribution in [0.25, 0.3) is 0 Å². The number of hydrogen-bond acceptors (Lipinski definition) is 6. The van der Waals surface area contributed by atoms with E-state index in [0.717, 1.165) is 48.8 Å². The van der Waals surface area contributed by atoms with Gasteiger partial charge in [-0.15, -0.1) is 0 Å². The van der Waals surface area contributed by atoms with Crippen molar-refractivity contribution in [1.82, 2.24) is 15.3 Å². The van der Waals surface area contributed by atoms with E-state index in [1.54, 1.807) is 12.4 Å². The van der Waals surface area contributed by atoms with Crippen LogP contribution in [0, 0.1) is 11.3 Å². The third kappa shape index (κ3) is 4.60. The molecule has 166 valence electrons. The van der Waals surface area contributed by atoms with E-state index in [4.69, 9.17) is 9.47 Å². The molecule has 1 aliphatic carbocycles. The van der Waals surface area contributed by atoms with Gasteiger partial charge in [0.05, 0.1) is 19.1 Å². The SMILES string of the molecule is CCOc1ccc(CCNC(=O)C2CN(c3ncccn3)CC23CCC3)cc1OCC.